The van der Waals surface area contributed by atoms with Crippen molar-refractivity contribution in [1.82, 2.24) is 10.2 Å². The number of carbonyl (C=O) groups is 2. The van der Waals surface area contributed by atoms with E-state index in [0.29, 0.717) is 18.9 Å². The van der Waals surface area contributed by atoms with E-state index in [1.807, 2.05) is 0 Å². The molecule has 1 rings (SSSR count). The van der Waals surface area contributed by atoms with Crippen molar-refractivity contribution in [2.45, 2.75) is 31.1 Å². The molecule has 0 bridgehead atoms. The van der Waals surface area contributed by atoms with Crippen molar-refractivity contribution < 1.29 is 9.59 Å². The molecule has 2 atom stereocenters. The van der Waals surface area contributed by atoms with Crippen LogP contribution in [0.5, 0.6) is 0 Å². The minimum atomic E-state index is -0.0680. The van der Waals surface area contributed by atoms with Crippen LogP contribution in [-0.4, -0.2) is 42.7 Å². The average Bonchev–Trinajstić information content (AvgIpc) is 2.28. The lowest BCUT2D eigenvalue weighted by Gasteiger charge is -2.30. The lowest BCUT2D eigenvalue weighted by molar-refractivity contribution is -0.130. The Morgan fingerprint density at radius 2 is 2.19 bits per heavy atom. The number of amides is 2. The zero-order chi connectivity index (χ0) is 12.0. The zero-order valence-corrected chi connectivity index (χ0v) is 10.4. The van der Waals surface area contributed by atoms with E-state index in [4.69, 9.17) is 11.6 Å². The Kier molecular flexibility index (Phi) is 5.60. The number of rotatable bonds is 5. The molecule has 5 heteroatoms. The molecular weight excluding hydrogens is 228 g/mol. The maximum Gasteiger partial charge on any atom is 0.241 e. The van der Waals surface area contributed by atoms with Crippen LogP contribution in [0, 0.1) is 5.92 Å². The number of nitrogens with zero attached hydrogens (tertiary/aromatic N) is 1. The van der Waals surface area contributed by atoms with Gasteiger partial charge in [-0.15, -0.1) is 11.6 Å². The van der Waals surface area contributed by atoms with Crippen molar-refractivity contribution in [3.63, 3.8) is 0 Å². The van der Waals surface area contributed by atoms with Gasteiger partial charge in [0, 0.05) is 19.0 Å². The Hall–Kier alpha value is -0.770. The van der Waals surface area contributed by atoms with Gasteiger partial charge in [0.05, 0.1) is 6.54 Å². The Balaban J connectivity index is 2.34. The number of hydrogen-bond donors (Lipinski definition) is 1. The Morgan fingerprint density at radius 3 is 2.81 bits per heavy atom. The molecule has 0 spiro atoms. The minimum absolute atomic E-state index is 0.0680. The van der Waals surface area contributed by atoms with Gasteiger partial charge in [0.1, 0.15) is 0 Å². The number of hydrogen-bond acceptors (Lipinski definition) is 2. The topological polar surface area (TPSA) is 49.4 Å². The predicted molar refractivity (Wildman–Crippen MR) is 63.3 cm³/mol. The number of nitrogens with one attached hydrogen (secondary N) is 1. The lowest BCUT2D eigenvalue weighted by atomic mass is 9.88. The quantitative estimate of drug-likeness (QED) is 0.581. The smallest absolute Gasteiger partial charge is 0.241 e. The lowest BCUT2D eigenvalue weighted by Crippen LogP contribution is -2.40. The van der Waals surface area contributed by atoms with Crippen LogP contribution in [0.3, 0.4) is 0 Å². The summed E-state index contributed by atoms with van der Waals surface area (Å²) in [6.45, 7) is 0.757. The molecule has 1 N–H and O–H groups in total. The summed E-state index contributed by atoms with van der Waals surface area (Å²) in [5, 5.41) is 2.56. The van der Waals surface area contributed by atoms with Gasteiger partial charge in [0.15, 0.2) is 0 Å². The molecule has 0 aromatic carbocycles. The van der Waals surface area contributed by atoms with Gasteiger partial charge in [0.25, 0.3) is 0 Å². The summed E-state index contributed by atoms with van der Waals surface area (Å²) in [7, 11) is 1.76. The van der Waals surface area contributed by atoms with E-state index in [-0.39, 0.29) is 17.8 Å². The van der Waals surface area contributed by atoms with Crippen molar-refractivity contribution in [1.29, 1.82) is 0 Å². The first-order valence-electron chi connectivity index (χ1n) is 5.70. The maximum atomic E-state index is 11.5. The first kappa shape index (κ1) is 13.3. The van der Waals surface area contributed by atoms with E-state index in [1.165, 1.54) is 12.8 Å². The highest BCUT2D eigenvalue weighted by molar-refractivity contribution is 6.20. The van der Waals surface area contributed by atoms with Gasteiger partial charge < -0.3 is 10.2 Å². The van der Waals surface area contributed by atoms with Crippen LogP contribution in [-0.2, 0) is 9.59 Å². The number of likely N-dealkylation sites (N-methyl/N-ethyl adjacent to an activating group) is 1. The third-order valence-corrected chi connectivity index (χ3v) is 3.66. The van der Waals surface area contributed by atoms with Crippen molar-refractivity contribution in [2.75, 3.05) is 20.1 Å². The maximum absolute atomic E-state index is 11.5. The van der Waals surface area contributed by atoms with Crippen LogP contribution < -0.4 is 5.32 Å². The van der Waals surface area contributed by atoms with Gasteiger partial charge in [0.2, 0.25) is 12.3 Å². The van der Waals surface area contributed by atoms with Crippen molar-refractivity contribution in [3.05, 3.63) is 0 Å². The van der Waals surface area contributed by atoms with Crippen LogP contribution in [0.15, 0.2) is 0 Å². The fourth-order valence-corrected chi connectivity index (χ4v) is 2.45. The molecule has 0 aromatic heterocycles. The molecule has 1 aliphatic carbocycles. The molecule has 0 heterocycles. The van der Waals surface area contributed by atoms with Gasteiger partial charge in [-0.1, -0.05) is 12.8 Å². The zero-order valence-electron chi connectivity index (χ0n) is 9.62. The Bertz CT molecular complexity index is 248. The van der Waals surface area contributed by atoms with E-state index >= 15 is 0 Å². The van der Waals surface area contributed by atoms with Crippen molar-refractivity contribution in [2.24, 2.45) is 5.92 Å². The van der Waals surface area contributed by atoms with E-state index < -0.39 is 0 Å². The molecule has 16 heavy (non-hydrogen) atoms. The van der Waals surface area contributed by atoms with Crippen LogP contribution in [0.2, 0.25) is 0 Å². The third-order valence-electron chi connectivity index (χ3n) is 3.09. The van der Waals surface area contributed by atoms with Crippen LogP contribution >= 0.6 is 11.6 Å². The second-order valence-electron chi connectivity index (χ2n) is 4.33. The highest BCUT2D eigenvalue weighted by atomic mass is 35.5. The Labute approximate surface area is 101 Å². The van der Waals surface area contributed by atoms with Gasteiger partial charge >= 0.3 is 0 Å². The summed E-state index contributed by atoms with van der Waals surface area (Å²) in [5.41, 5.74) is 0. The molecule has 2 amide bonds. The van der Waals surface area contributed by atoms with Gasteiger partial charge in [-0.2, -0.15) is 0 Å². The highest BCUT2D eigenvalue weighted by Gasteiger charge is 2.25. The fraction of sp³-hybridized carbons (Fsp3) is 0.818. The average molecular weight is 247 g/mol. The normalized spacial score (nSPS) is 24.9. The molecule has 92 valence electrons. The van der Waals surface area contributed by atoms with Crippen LogP contribution in [0.1, 0.15) is 25.7 Å². The first-order chi connectivity index (χ1) is 7.65. The highest BCUT2D eigenvalue weighted by Crippen LogP contribution is 2.28. The summed E-state index contributed by atoms with van der Waals surface area (Å²) in [6, 6.07) is 0. The van der Waals surface area contributed by atoms with Crippen LogP contribution in [0.25, 0.3) is 0 Å². The Morgan fingerprint density at radius 1 is 1.50 bits per heavy atom. The second kappa shape index (κ2) is 6.74. The minimum Gasteiger partial charge on any atom is -0.350 e. The molecule has 1 saturated carbocycles. The third kappa shape index (κ3) is 4.00. The molecule has 2 unspecified atom stereocenters. The first-order valence-corrected chi connectivity index (χ1v) is 6.14. The number of halogens is 1. The van der Waals surface area contributed by atoms with E-state index in [2.05, 4.69) is 5.32 Å². The molecule has 1 fully saturated rings. The van der Waals surface area contributed by atoms with Crippen molar-refractivity contribution >= 4 is 23.9 Å². The summed E-state index contributed by atoms with van der Waals surface area (Å²) >= 11 is 6.23. The molecule has 4 nitrogen and oxygen atoms in total. The van der Waals surface area contributed by atoms with E-state index in [1.54, 1.807) is 11.9 Å². The van der Waals surface area contributed by atoms with Gasteiger partial charge in [-0.3, -0.25) is 9.59 Å². The molecule has 1 aliphatic rings. The SMILES string of the molecule is CN(CC1CCCCC1Cl)C(=O)CNC=O. The molecular formula is C11H19ClN2O2. The second-order valence-corrected chi connectivity index (χ2v) is 4.89. The molecule has 0 radical (unpaired) electrons. The predicted octanol–water partition coefficient (Wildman–Crippen LogP) is 0.988. The monoisotopic (exact) mass is 246 g/mol. The summed E-state index contributed by atoms with van der Waals surface area (Å²) in [5.74, 6) is 0.321. The van der Waals surface area contributed by atoms with Gasteiger partial charge in [-0.05, 0) is 18.8 Å². The van der Waals surface area contributed by atoms with Gasteiger partial charge in [-0.25, -0.2) is 0 Å². The molecule has 0 aliphatic heterocycles. The fourth-order valence-electron chi connectivity index (χ4n) is 2.09. The van der Waals surface area contributed by atoms with Crippen LogP contribution in [0.4, 0.5) is 0 Å². The summed E-state index contributed by atoms with van der Waals surface area (Å²) in [6.07, 6.45) is 5.06. The van der Waals surface area contributed by atoms with E-state index in [0.717, 1.165) is 12.8 Å². The number of alkyl halides is 1. The largest absolute Gasteiger partial charge is 0.350 e. The molecule has 0 aromatic rings. The van der Waals surface area contributed by atoms with E-state index in [9.17, 15) is 9.59 Å². The number of carbonyl (C=O) groups excluding carboxylic acids is 2. The standard InChI is InChI=1S/C11H19ClN2O2/c1-14(11(16)6-13-8-15)7-9-4-2-3-5-10(9)12/h8-10H,2-7H2,1H3,(H,13,15). The summed E-state index contributed by atoms with van der Waals surface area (Å²) in [4.78, 5) is 23.3. The summed E-state index contributed by atoms with van der Waals surface area (Å²) < 4.78 is 0. The van der Waals surface area contributed by atoms with Crippen molar-refractivity contribution in [3.8, 4) is 0 Å². The molecule has 0 saturated heterocycles.